The van der Waals surface area contributed by atoms with Crippen molar-refractivity contribution in [1.29, 1.82) is 0 Å². The average molecular weight is 451 g/mol. The number of benzene rings is 1. The molecule has 2 rings (SSSR count). The Morgan fingerprint density at radius 2 is 1.72 bits per heavy atom. The second-order valence-electron chi connectivity index (χ2n) is 10.0. The normalized spacial score (nSPS) is 16.6. The molecule has 1 unspecified atom stereocenters. The molecule has 0 radical (unpaired) electrons. The first-order valence-corrected chi connectivity index (χ1v) is 11.3. The first kappa shape index (κ1) is 25.9. The fraction of sp³-hybridized carbons (Fsp3) is 0.667. The van der Waals surface area contributed by atoms with Crippen LogP contribution in [0.3, 0.4) is 0 Å². The maximum absolute atomic E-state index is 13.0. The number of phenolic OH excluding ortho intramolecular Hbond substituents is 2. The highest BCUT2D eigenvalue weighted by atomic mass is 16.4. The van der Waals surface area contributed by atoms with Gasteiger partial charge in [0.25, 0.3) is 5.91 Å². The van der Waals surface area contributed by atoms with E-state index in [1.807, 2.05) is 39.5 Å². The Morgan fingerprint density at radius 1 is 1.12 bits per heavy atom. The first-order valence-electron chi connectivity index (χ1n) is 11.3. The van der Waals surface area contributed by atoms with Crippen LogP contribution < -0.4 is 0 Å². The van der Waals surface area contributed by atoms with Gasteiger partial charge in [-0.05, 0) is 70.0 Å². The minimum atomic E-state index is -1.03. The minimum Gasteiger partial charge on any atom is -0.508 e. The summed E-state index contributed by atoms with van der Waals surface area (Å²) >= 11 is 0. The van der Waals surface area contributed by atoms with Crippen LogP contribution in [-0.2, 0) is 4.79 Å². The molecule has 1 aromatic carbocycles. The summed E-state index contributed by atoms with van der Waals surface area (Å²) < 4.78 is 0. The summed E-state index contributed by atoms with van der Waals surface area (Å²) in [6.07, 6.45) is 2.36. The molecule has 32 heavy (non-hydrogen) atoms. The summed E-state index contributed by atoms with van der Waals surface area (Å²) in [5.74, 6) is -1.14. The second-order valence-corrected chi connectivity index (χ2v) is 10.0. The van der Waals surface area contributed by atoms with Gasteiger partial charge in [0.1, 0.15) is 17.5 Å². The SMILES string of the molecule is CC(C)c1cc(C(=O)N2CCC(CCN(C(CO)C(=O)O)C(C)(C)C)CC2)c(O)cc1O. The molecule has 1 saturated heterocycles. The number of carbonyl (C=O) groups excluding carboxylic acids is 1. The number of nitrogens with zero attached hydrogens (tertiary/aromatic N) is 2. The number of rotatable bonds is 8. The number of aliphatic hydroxyl groups excluding tert-OH is 1. The number of aliphatic carboxylic acids is 1. The topological polar surface area (TPSA) is 122 Å². The third kappa shape index (κ3) is 6.13. The number of likely N-dealkylation sites (tertiary alicyclic amines) is 1. The van der Waals surface area contributed by atoms with E-state index >= 15 is 0 Å². The van der Waals surface area contributed by atoms with Crippen LogP contribution in [0.4, 0.5) is 0 Å². The zero-order chi connectivity index (χ0) is 24.2. The number of aromatic hydroxyl groups is 2. The Morgan fingerprint density at radius 3 is 2.19 bits per heavy atom. The second kappa shape index (κ2) is 10.5. The van der Waals surface area contributed by atoms with E-state index in [0.717, 1.165) is 19.3 Å². The van der Waals surface area contributed by atoms with E-state index in [1.54, 1.807) is 11.0 Å². The summed E-state index contributed by atoms with van der Waals surface area (Å²) in [4.78, 5) is 28.1. The fourth-order valence-electron chi connectivity index (χ4n) is 4.41. The van der Waals surface area contributed by atoms with Gasteiger partial charge < -0.3 is 25.3 Å². The van der Waals surface area contributed by atoms with Gasteiger partial charge in [-0.15, -0.1) is 0 Å². The van der Waals surface area contributed by atoms with Gasteiger partial charge in [-0.1, -0.05) is 13.8 Å². The molecule has 0 saturated carbocycles. The highest BCUT2D eigenvalue weighted by Crippen LogP contribution is 2.34. The monoisotopic (exact) mass is 450 g/mol. The van der Waals surface area contributed by atoms with Gasteiger partial charge in [-0.3, -0.25) is 14.5 Å². The number of aliphatic hydroxyl groups is 1. The highest BCUT2D eigenvalue weighted by molar-refractivity contribution is 5.97. The van der Waals surface area contributed by atoms with Crippen LogP contribution in [0.2, 0.25) is 0 Å². The number of amides is 1. The summed E-state index contributed by atoms with van der Waals surface area (Å²) in [6, 6.07) is 1.87. The van der Waals surface area contributed by atoms with E-state index in [9.17, 15) is 30.0 Å². The molecule has 0 bridgehead atoms. The summed E-state index contributed by atoms with van der Waals surface area (Å²) in [6.45, 7) is 10.9. The van der Waals surface area contributed by atoms with Gasteiger partial charge in [-0.2, -0.15) is 0 Å². The largest absolute Gasteiger partial charge is 0.508 e. The summed E-state index contributed by atoms with van der Waals surface area (Å²) in [5.41, 5.74) is 0.434. The zero-order valence-corrected chi connectivity index (χ0v) is 19.8. The molecule has 1 aliphatic heterocycles. The Labute approximate surface area is 190 Å². The van der Waals surface area contributed by atoms with Crippen LogP contribution in [0.1, 0.15) is 75.7 Å². The van der Waals surface area contributed by atoms with Crippen LogP contribution in [0.15, 0.2) is 12.1 Å². The Balaban J connectivity index is 2.00. The van der Waals surface area contributed by atoms with Crippen molar-refractivity contribution in [1.82, 2.24) is 9.80 Å². The van der Waals surface area contributed by atoms with E-state index in [1.165, 1.54) is 6.07 Å². The maximum Gasteiger partial charge on any atom is 0.323 e. The van der Waals surface area contributed by atoms with Crippen LogP contribution in [0, 0.1) is 5.92 Å². The quantitative estimate of drug-likeness (QED) is 0.480. The van der Waals surface area contributed by atoms with Crippen molar-refractivity contribution in [2.45, 2.75) is 71.4 Å². The molecule has 4 N–H and O–H groups in total. The van der Waals surface area contributed by atoms with Gasteiger partial charge in [0.05, 0.1) is 12.2 Å². The lowest BCUT2D eigenvalue weighted by Crippen LogP contribution is -2.54. The molecule has 1 heterocycles. The number of carboxylic acid groups (broad SMARTS) is 1. The molecule has 1 aliphatic rings. The van der Waals surface area contributed by atoms with Gasteiger partial charge >= 0.3 is 5.97 Å². The highest BCUT2D eigenvalue weighted by Gasteiger charge is 2.34. The van der Waals surface area contributed by atoms with Gasteiger partial charge in [-0.25, -0.2) is 0 Å². The standard InChI is InChI=1S/C24H38N2O6/c1-15(2)17-12-18(21(29)13-20(17)28)22(30)25-9-6-16(7-10-25)8-11-26(24(3,4)5)19(14-27)23(31)32/h12-13,15-16,19,27-29H,6-11,14H2,1-5H3,(H,31,32). The van der Waals surface area contributed by atoms with E-state index in [2.05, 4.69) is 0 Å². The van der Waals surface area contributed by atoms with E-state index < -0.39 is 24.2 Å². The van der Waals surface area contributed by atoms with Crippen LogP contribution >= 0.6 is 0 Å². The molecular formula is C24H38N2O6. The molecule has 1 amide bonds. The van der Waals surface area contributed by atoms with Crippen molar-refractivity contribution in [3.05, 3.63) is 23.3 Å². The fourth-order valence-corrected chi connectivity index (χ4v) is 4.41. The van der Waals surface area contributed by atoms with E-state index in [0.29, 0.717) is 31.1 Å². The van der Waals surface area contributed by atoms with Crippen molar-refractivity contribution < 1.29 is 30.0 Å². The number of hydrogen-bond donors (Lipinski definition) is 4. The van der Waals surface area contributed by atoms with Crippen LogP contribution in [0.25, 0.3) is 0 Å². The van der Waals surface area contributed by atoms with E-state index in [4.69, 9.17) is 0 Å². The van der Waals surface area contributed by atoms with E-state index in [-0.39, 0.29) is 28.9 Å². The number of hydrogen-bond acceptors (Lipinski definition) is 6. The zero-order valence-electron chi connectivity index (χ0n) is 19.8. The molecule has 8 heteroatoms. The number of phenols is 2. The molecule has 0 aliphatic carbocycles. The molecule has 180 valence electrons. The summed E-state index contributed by atoms with van der Waals surface area (Å²) in [7, 11) is 0. The van der Waals surface area contributed by atoms with Crippen molar-refractivity contribution in [3.8, 4) is 11.5 Å². The van der Waals surface area contributed by atoms with Crippen molar-refractivity contribution in [2.75, 3.05) is 26.2 Å². The van der Waals surface area contributed by atoms with Gasteiger partial charge in [0.2, 0.25) is 0 Å². The molecule has 1 atom stereocenters. The predicted octanol–water partition coefficient (Wildman–Crippen LogP) is 3.01. The van der Waals surface area contributed by atoms with Crippen molar-refractivity contribution in [3.63, 3.8) is 0 Å². The van der Waals surface area contributed by atoms with Gasteiger partial charge in [0, 0.05) is 24.7 Å². The maximum atomic E-state index is 13.0. The average Bonchev–Trinajstić information content (AvgIpc) is 2.69. The predicted molar refractivity (Wildman–Crippen MR) is 122 cm³/mol. The minimum absolute atomic E-state index is 0.0151. The van der Waals surface area contributed by atoms with Crippen molar-refractivity contribution >= 4 is 11.9 Å². The molecule has 0 aromatic heterocycles. The molecular weight excluding hydrogens is 412 g/mol. The molecule has 1 aromatic rings. The Hall–Kier alpha value is -2.32. The lowest BCUT2D eigenvalue weighted by molar-refractivity contribution is -0.147. The van der Waals surface area contributed by atoms with Crippen LogP contribution in [-0.4, -0.2) is 79.9 Å². The summed E-state index contributed by atoms with van der Waals surface area (Å²) in [5, 5.41) is 39.3. The molecule has 1 fully saturated rings. The Kier molecular flexibility index (Phi) is 8.54. The first-order chi connectivity index (χ1) is 14.9. The third-order valence-electron chi connectivity index (χ3n) is 6.37. The number of carbonyl (C=O) groups is 2. The lowest BCUT2D eigenvalue weighted by atomic mass is 9.91. The lowest BCUT2D eigenvalue weighted by Gasteiger charge is -2.40. The number of carboxylic acids is 1. The smallest absolute Gasteiger partial charge is 0.323 e. The van der Waals surface area contributed by atoms with Crippen molar-refractivity contribution in [2.24, 2.45) is 5.92 Å². The molecule has 8 nitrogen and oxygen atoms in total. The molecule has 0 spiro atoms. The van der Waals surface area contributed by atoms with Gasteiger partial charge in [0.15, 0.2) is 0 Å². The van der Waals surface area contributed by atoms with Crippen LogP contribution in [0.5, 0.6) is 11.5 Å². The third-order valence-corrected chi connectivity index (χ3v) is 6.37. The Bertz CT molecular complexity index is 809. The number of piperidine rings is 1.